The van der Waals surface area contributed by atoms with Gasteiger partial charge in [-0.05, 0) is 18.6 Å². The van der Waals surface area contributed by atoms with E-state index in [1.165, 1.54) is 0 Å². The lowest BCUT2D eigenvalue weighted by Gasteiger charge is -2.29. The number of carbonyl (C=O) groups is 1. The Kier molecular flexibility index (Phi) is 5.11. The molecule has 0 bridgehead atoms. The molecule has 1 aromatic rings. The van der Waals surface area contributed by atoms with Gasteiger partial charge in [-0.1, -0.05) is 12.1 Å². The first-order chi connectivity index (χ1) is 11.3. The molecule has 2 aliphatic heterocycles. The minimum Gasteiger partial charge on any atom is -0.376 e. The summed E-state index contributed by atoms with van der Waals surface area (Å²) in [7, 11) is 0. The maximum Gasteiger partial charge on any atom is 0.254 e. The fourth-order valence-electron chi connectivity index (χ4n) is 3.06. The predicted octanol–water partition coefficient (Wildman–Crippen LogP) is 1.01. The maximum absolute atomic E-state index is 12.5. The lowest BCUT2D eigenvalue weighted by molar-refractivity contribution is -0.157. The highest BCUT2D eigenvalue weighted by Crippen LogP contribution is 2.21. The van der Waals surface area contributed by atoms with Gasteiger partial charge in [-0.15, -0.1) is 0 Å². The summed E-state index contributed by atoms with van der Waals surface area (Å²) >= 11 is 0. The summed E-state index contributed by atoms with van der Waals surface area (Å²) in [5.74, 6) is 0.0140. The number of nitriles is 1. The number of hydrogen-bond acceptors (Lipinski definition) is 5. The molecule has 2 heterocycles. The minimum atomic E-state index is -0.471. The van der Waals surface area contributed by atoms with Gasteiger partial charge >= 0.3 is 0 Å². The molecule has 2 saturated heterocycles. The van der Waals surface area contributed by atoms with Gasteiger partial charge in [0.05, 0.1) is 31.1 Å². The number of hydrogen-bond donors (Lipinski definition) is 0. The lowest BCUT2D eigenvalue weighted by atomic mass is 10.1. The van der Waals surface area contributed by atoms with Crippen molar-refractivity contribution >= 4 is 11.6 Å². The quantitative estimate of drug-likeness (QED) is 0.815. The summed E-state index contributed by atoms with van der Waals surface area (Å²) in [6.45, 7) is 4.29. The molecule has 1 amide bonds. The van der Waals surface area contributed by atoms with Crippen molar-refractivity contribution in [3.8, 4) is 6.07 Å². The van der Waals surface area contributed by atoms with Crippen LogP contribution in [0, 0.1) is 11.3 Å². The second kappa shape index (κ2) is 7.44. The topological polar surface area (TPSA) is 65.8 Å². The molecule has 1 atom stereocenters. The van der Waals surface area contributed by atoms with Crippen molar-refractivity contribution in [1.29, 1.82) is 5.26 Å². The smallest absolute Gasteiger partial charge is 0.254 e. The van der Waals surface area contributed by atoms with Crippen LogP contribution in [0.5, 0.6) is 0 Å². The third kappa shape index (κ3) is 3.63. The first-order valence-electron chi connectivity index (χ1n) is 8.02. The number of amides is 1. The molecule has 1 unspecified atom stereocenters. The molecule has 2 fully saturated rings. The Morgan fingerprint density at radius 3 is 2.83 bits per heavy atom. The zero-order valence-corrected chi connectivity index (χ0v) is 13.1. The van der Waals surface area contributed by atoms with Gasteiger partial charge in [-0.2, -0.15) is 5.26 Å². The number of benzene rings is 1. The van der Waals surface area contributed by atoms with Gasteiger partial charge in [-0.3, -0.25) is 4.79 Å². The Balaban J connectivity index is 1.65. The van der Waals surface area contributed by atoms with Gasteiger partial charge in [0.15, 0.2) is 6.10 Å². The molecule has 0 radical (unpaired) electrons. The number of carbonyl (C=O) groups excluding carboxylic acids is 1. The van der Waals surface area contributed by atoms with Crippen molar-refractivity contribution in [3.05, 3.63) is 29.8 Å². The van der Waals surface area contributed by atoms with Crippen LogP contribution in [0.3, 0.4) is 0 Å². The van der Waals surface area contributed by atoms with Crippen molar-refractivity contribution in [2.75, 3.05) is 50.9 Å². The summed E-state index contributed by atoms with van der Waals surface area (Å²) in [6, 6.07) is 9.85. The number of nitrogens with zero attached hydrogens (tertiary/aromatic N) is 3. The molecule has 122 valence electrons. The minimum absolute atomic E-state index is 0.0140. The van der Waals surface area contributed by atoms with Crippen molar-refractivity contribution < 1.29 is 14.3 Å². The van der Waals surface area contributed by atoms with Crippen molar-refractivity contribution in [2.45, 2.75) is 12.5 Å². The number of rotatable bonds is 2. The molecule has 3 rings (SSSR count). The van der Waals surface area contributed by atoms with Gasteiger partial charge in [0.25, 0.3) is 5.91 Å². The van der Waals surface area contributed by atoms with Gasteiger partial charge in [-0.25, -0.2) is 0 Å². The molecule has 6 heteroatoms. The summed E-state index contributed by atoms with van der Waals surface area (Å²) in [4.78, 5) is 16.6. The molecule has 0 aliphatic carbocycles. The van der Waals surface area contributed by atoms with Gasteiger partial charge < -0.3 is 19.3 Å². The molecule has 0 spiro atoms. The Morgan fingerprint density at radius 2 is 2.04 bits per heavy atom. The molecular formula is C17H21N3O3. The van der Waals surface area contributed by atoms with Crippen LogP contribution < -0.4 is 4.90 Å². The van der Waals surface area contributed by atoms with E-state index < -0.39 is 6.10 Å². The molecule has 2 aliphatic rings. The SMILES string of the molecule is N#Cc1ccccc1N1CCCN(C(=O)C2COCCO2)CC1. The third-order valence-corrected chi connectivity index (χ3v) is 4.26. The van der Waals surface area contributed by atoms with E-state index in [1.54, 1.807) is 0 Å². The zero-order chi connectivity index (χ0) is 16.1. The monoisotopic (exact) mass is 315 g/mol. The Bertz CT molecular complexity index is 593. The highest BCUT2D eigenvalue weighted by molar-refractivity contribution is 5.81. The Morgan fingerprint density at radius 1 is 1.17 bits per heavy atom. The first-order valence-corrected chi connectivity index (χ1v) is 8.02. The molecule has 23 heavy (non-hydrogen) atoms. The third-order valence-electron chi connectivity index (χ3n) is 4.26. The molecule has 0 N–H and O–H groups in total. The van der Waals surface area contributed by atoms with Crippen LogP contribution in [0.25, 0.3) is 0 Å². The fourth-order valence-corrected chi connectivity index (χ4v) is 3.06. The van der Waals surface area contributed by atoms with Gasteiger partial charge in [0.2, 0.25) is 0 Å². The second-order valence-corrected chi connectivity index (χ2v) is 5.73. The van der Waals surface area contributed by atoms with Crippen LogP contribution in [0.15, 0.2) is 24.3 Å². The van der Waals surface area contributed by atoms with E-state index in [2.05, 4.69) is 11.0 Å². The molecule has 6 nitrogen and oxygen atoms in total. The second-order valence-electron chi connectivity index (χ2n) is 5.73. The standard InChI is InChI=1S/C17H21N3O3/c18-12-14-4-1-2-5-15(14)19-6-3-7-20(9-8-19)17(21)16-13-22-10-11-23-16/h1-2,4-5,16H,3,6-11,13H2. The summed E-state index contributed by atoms with van der Waals surface area (Å²) < 4.78 is 10.8. The van der Waals surface area contributed by atoms with Gasteiger partial charge in [0.1, 0.15) is 6.07 Å². The van der Waals surface area contributed by atoms with E-state index in [4.69, 9.17) is 9.47 Å². The fraction of sp³-hybridized carbons (Fsp3) is 0.529. The number of para-hydroxylation sites is 1. The highest BCUT2D eigenvalue weighted by atomic mass is 16.6. The van der Waals surface area contributed by atoms with E-state index in [9.17, 15) is 10.1 Å². The van der Waals surface area contributed by atoms with Gasteiger partial charge in [0, 0.05) is 26.2 Å². The van der Waals surface area contributed by atoms with Crippen LogP contribution >= 0.6 is 0 Å². The Hall–Kier alpha value is -2.10. The van der Waals surface area contributed by atoms with E-state index in [-0.39, 0.29) is 5.91 Å². The van der Waals surface area contributed by atoms with Crippen molar-refractivity contribution in [2.24, 2.45) is 0 Å². The van der Waals surface area contributed by atoms with E-state index in [0.29, 0.717) is 38.5 Å². The predicted molar refractivity (Wildman–Crippen MR) is 85.1 cm³/mol. The van der Waals surface area contributed by atoms with Crippen molar-refractivity contribution in [3.63, 3.8) is 0 Å². The maximum atomic E-state index is 12.5. The van der Waals surface area contributed by atoms with Crippen LogP contribution in [0.1, 0.15) is 12.0 Å². The van der Waals surface area contributed by atoms with E-state index >= 15 is 0 Å². The number of ether oxygens (including phenoxy) is 2. The van der Waals surface area contributed by atoms with Crippen molar-refractivity contribution in [1.82, 2.24) is 4.90 Å². The van der Waals surface area contributed by atoms with E-state index in [0.717, 1.165) is 25.2 Å². The zero-order valence-electron chi connectivity index (χ0n) is 13.1. The van der Waals surface area contributed by atoms with Crippen LogP contribution in [-0.2, 0) is 14.3 Å². The average molecular weight is 315 g/mol. The summed E-state index contributed by atoms with van der Waals surface area (Å²) in [6.07, 6.45) is 0.403. The Labute approximate surface area is 136 Å². The van der Waals surface area contributed by atoms with Crippen LogP contribution in [0.2, 0.25) is 0 Å². The van der Waals surface area contributed by atoms with E-state index in [1.807, 2.05) is 29.2 Å². The molecule has 0 aromatic heterocycles. The molecule has 1 aromatic carbocycles. The van der Waals surface area contributed by atoms with Crippen LogP contribution in [-0.4, -0.2) is 62.9 Å². The molecule has 0 saturated carbocycles. The first kappa shape index (κ1) is 15.8. The summed E-state index contributed by atoms with van der Waals surface area (Å²) in [5.41, 5.74) is 1.62. The largest absolute Gasteiger partial charge is 0.376 e. The molecular weight excluding hydrogens is 294 g/mol. The van der Waals surface area contributed by atoms with Crippen LogP contribution in [0.4, 0.5) is 5.69 Å². The lowest BCUT2D eigenvalue weighted by Crippen LogP contribution is -2.46. The number of anilines is 1. The normalized spacial score (nSPS) is 22.3. The average Bonchev–Trinajstić information content (AvgIpc) is 2.88. The highest BCUT2D eigenvalue weighted by Gasteiger charge is 2.29. The summed E-state index contributed by atoms with van der Waals surface area (Å²) in [5, 5.41) is 9.26.